The van der Waals surface area contributed by atoms with Gasteiger partial charge >= 0.3 is 0 Å². The molecule has 26 heavy (non-hydrogen) atoms. The average molecular weight is 477 g/mol. The SMILES string of the molecule is CN(C)C(=O)CN=C(NCCCn1ccnn1)NCC1CCCCC1.I. The summed E-state index contributed by atoms with van der Waals surface area (Å²) in [4.78, 5) is 17.8. The highest BCUT2D eigenvalue weighted by Gasteiger charge is 2.14. The van der Waals surface area contributed by atoms with Crippen molar-refractivity contribution in [1.29, 1.82) is 0 Å². The molecule has 1 heterocycles. The number of rotatable bonds is 8. The Bertz CT molecular complexity index is 527. The molecule has 1 aromatic heterocycles. The lowest BCUT2D eigenvalue weighted by molar-refractivity contribution is -0.127. The van der Waals surface area contributed by atoms with Crippen molar-refractivity contribution in [3.63, 3.8) is 0 Å². The molecule has 0 bridgehead atoms. The lowest BCUT2D eigenvalue weighted by atomic mass is 9.89. The van der Waals surface area contributed by atoms with Gasteiger partial charge in [-0.2, -0.15) is 0 Å². The zero-order chi connectivity index (χ0) is 17.9. The van der Waals surface area contributed by atoms with Crippen LogP contribution < -0.4 is 10.6 Å². The summed E-state index contributed by atoms with van der Waals surface area (Å²) in [5, 5.41) is 14.5. The van der Waals surface area contributed by atoms with E-state index in [9.17, 15) is 4.79 Å². The highest BCUT2D eigenvalue weighted by molar-refractivity contribution is 14.0. The lowest BCUT2D eigenvalue weighted by Crippen LogP contribution is -2.41. The van der Waals surface area contributed by atoms with Crippen molar-refractivity contribution in [3.05, 3.63) is 12.4 Å². The number of aromatic nitrogens is 3. The molecule has 0 atom stereocenters. The van der Waals surface area contributed by atoms with Crippen LogP contribution in [0.4, 0.5) is 0 Å². The fourth-order valence-electron chi connectivity index (χ4n) is 2.89. The quantitative estimate of drug-likeness (QED) is 0.257. The minimum atomic E-state index is 0. The molecular formula is C17H32IN7O. The molecule has 1 aromatic rings. The van der Waals surface area contributed by atoms with Gasteiger partial charge in [-0.05, 0) is 25.2 Å². The van der Waals surface area contributed by atoms with Gasteiger partial charge in [-0.3, -0.25) is 9.48 Å². The third-order valence-corrected chi connectivity index (χ3v) is 4.48. The van der Waals surface area contributed by atoms with Gasteiger partial charge < -0.3 is 15.5 Å². The number of guanidine groups is 1. The zero-order valence-electron chi connectivity index (χ0n) is 15.9. The van der Waals surface area contributed by atoms with Crippen molar-refractivity contribution in [2.75, 3.05) is 33.7 Å². The summed E-state index contributed by atoms with van der Waals surface area (Å²) < 4.78 is 1.81. The number of likely N-dealkylation sites (N-methyl/N-ethyl adjacent to an activating group) is 1. The van der Waals surface area contributed by atoms with E-state index in [1.54, 1.807) is 25.2 Å². The fraction of sp³-hybridized carbons (Fsp3) is 0.765. The van der Waals surface area contributed by atoms with Gasteiger partial charge in [0, 0.05) is 39.9 Å². The summed E-state index contributed by atoms with van der Waals surface area (Å²) in [6.45, 7) is 2.66. The van der Waals surface area contributed by atoms with E-state index in [1.165, 1.54) is 32.1 Å². The Morgan fingerprint density at radius 1 is 1.27 bits per heavy atom. The summed E-state index contributed by atoms with van der Waals surface area (Å²) in [5.41, 5.74) is 0. The predicted octanol–water partition coefficient (Wildman–Crippen LogP) is 1.49. The zero-order valence-corrected chi connectivity index (χ0v) is 18.2. The van der Waals surface area contributed by atoms with Crippen LogP contribution in [0.5, 0.6) is 0 Å². The van der Waals surface area contributed by atoms with Crippen molar-refractivity contribution >= 4 is 35.8 Å². The lowest BCUT2D eigenvalue weighted by Gasteiger charge is -2.23. The van der Waals surface area contributed by atoms with Crippen LogP contribution in [-0.2, 0) is 11.3 Å². The van der Waals surface area contributed by atoms with Crippen LogP contribution in [0, 0.1) is 5.92 Å². The summed E-state index contributed by atoms with van der Waals surface area (Å²) >= 11 is 0. The molecule has 1 aliphatic rings. The number of nitrogens with zero attached hydrogens (tertiary/aromatic N) is 5. The number of nitrogens with one attached hydrogen (secondary N) is 2. The summed E-state index contributed by atoms with van der Waals surface area (Å²) in [5.74, 6) is 1.43. The van der Waals surface area contributed by atoms with Crippen LogP contribution in [0.15, 0.2) is 17.4 Å². The Morgan fingerprint density at radius 3 is 2.69 bits per heavy atom. The van der Waals surface area contributed by atoms with Crippen LogP contribution in [0.25, 0.3) is 0 Å². The molecule has 1 amide bonds. The number of aryl methyl sites for hydroxylation is 1. The molecule has 0 aliphatic heterocycles. The molecule has 0 spiro atoms. The first-order valence-electron chi connectivity index (χ1n) is 9.21. The van der Waals surface area contributed by atoms with E-state index >= 15 is 0 Å². The Morgan fingerprint density at radius 2 is 2.04 bits per heavy atom. The van der Waals surface area contributed by atoms with Crippen molar-refractivity contribution in [2.24, 2.45) is 10.9 Å². The van der Waals surface area contributed by atoms with Gasteiger partial charge in [0.2, 0.25) is 5.91 Å². The first-order chi connectivity index (χ1) is 12.1. The highest BCUT2D eigenvalue weighted by Crippen LogP contribution is 2.22. The normalized spacial score (nSPS) is 15.2. The number of aliphatic imine (C=N–C) groups is 1. The third kappa shape index (κ3) is 8.81. The number of hydrogen-bond donors (Lipinski definition) is 2. The first kappa shape index (κ1) is 22.7. The number of hydrogen-bond acceptors (Lipinski definition) is 4. The molecule has 0 saturated heterocycles. The van der Waals surface area contributed by atoms with Gasteiger partial charge in [-0.25, -0.2) is 4.99 Å². The van der Waals surface area contributed by atoms with Crippen molar-refractivity contribution < 1.29 is 4.79 Å². The second kappa shape index (κ2) is 12.9. The maximum atomic E-state index is 11.8. The Labute approximate surface area is 173 Å². The standard InChI is InChI=1S/C17H31N7O.HI/c1-23(2)16(25)14-20-17(19-13-15-7-4-3-5-8-15)18-9-6-11-24-12-10-21-22-24;/h10,12,15H,3-9,11,13-14H2,1-2H3,(H2,18,19,20);1H. The Kier molecular flexibility index (Phi) is 11.2. The molecule has 0 radical (unpaired) electrons. The smallest absolute Gasteiger partial charge is 0.243 e. The molecular weight excluding hydrogens is 445 g/mol. The van der Waals surface area contributed by atoms with Crippen LogP contribution in [0.2, 0.25) is 0 Å². The van der Waals surface area contributed by atoms with Crippen molar-refractivity contribution in [3.8, 4) is 0 Å². The maximum Gasteiger partial charge on any atom is 0.243 e. The topological polar surface area (TPSA) is 87.4 Å². The van der Waals surface area contributed by atoms with Crippen molar-refractivity contribution in [2.45, 2.75) is 45.1 Å². The summed E-state index contributed by atoms with van der Waals surface area (Å²) in [7, 11) is 3.50. The molecule has 0 unspecified atom stereocenters. The largest absolute Gasteiger partial charge is 0.356 e. The second-order valence-electron chi connectivity index (χ2n) is 6.78. The van der Waals surface area contributed by atoms with E-state index in [1.807, 2.05) is 10.9 Å². The number of amides is 1. The Hall–Kier alpha value is -1.39. The van der Waals surface area contributed by atoms with E-state index < -0.39 is 0 Å². The minimum absolute atomic E-state index is 0. The minimum Gasteiger partial charge on any atom is -0.356 e. The highest BCUT2D eigenvalue weighted by atomic mass is 127. The predicted molar refractivity (Wildman–Crippen MR) is 114 cm³/mol. The van der Waals surface area contributed by atoms with Gasteiger partial charge in [0.05, 0.1) is 6.20 Å². The Balaban J connectivity index is 0.00000338. The van der Waals surface area contributed by atoms with Crippen molar-refractivity contribution in [1.82, 2.24) is 30.5 Å². The number of carbonyl (C=O) groups excluding carboxylic acids is 1. The monoisotopic (exact) mass is 477 g/mol. The van der Waals surface area contributed by atoms with E-state index in [-0.39, 0.29) is 36.4 Å². The molecule has 2 N–H and O–H groups in total. The van der Waals surface area contributed by atoms with Gasteiger partial charge in [0.1, 0.15) is 6.54 Å². The molecule has 2 rings (SSSR count). The van der Waals surface area contributed by atoms with E-state index in [0.29, 0.717) is 5.92 Å². The molecule has 0 aromatic carbocycles. The first-order valence-corrected chi connectivity index (χ1v) is 9.21. The van der Waals surface area contributed by atoms with Gasteiger partial charge in [-0.15, -0.1) is 29.1 Å². The molecule has 8 nitrogen and oxygen atoms in total. The van der Waals surface area contributed by atoms with E-state index in [4.69, 9.17) is 0 Å². The van der Waals surface area contributed by atoms with Crippen LogP contribution >= 0.6 is 24.0 Å². The third-order valence-electron chi connectivity index (χ3n) is 4.48. The summed E-state index contributed by atoms with van der Waals surface area (Å²) in [6, 6.07) is 0. The second-order valence-corrected chi connectivity index (χ2v) is 6.78. The van der Waals surface area contributed by atoms with Gasteiger partial charge in [-0.1, -0.05) is 24.5 Å². The average Bonchev–Trinajstić information content (AvgIpc) is 3.14. The maximum absolute atomic E-state index is 11.8. The van der Waals surface area contributed by atoms with E-state index in [2.05, 4.69) is 25.9 Å². The molecule has 1 aliphatic carbocycles. The molecule has 1 fully saturated rings. The van der Waals surface area contributed by atoms with E-state index in [0.717, 1.165) is 32.0 Å². The number of halogens is 1. The number of carbonyl (C=O) groups is 1. The molecule has 1 saturated carbocycles. The van der Waals surface area contributed by atoms with Crippen LogP contribution in [0.3, 0.4) is 0 Å². The van der Waals surface area contributed by atoms with Gasteiger partial charge in [0.25, 0.3) is 0 Å². The molecule has 9 heteroatoms. The summed E-state index contributed by atoms with van der Waals surface area (Å²) in [6.07, 6.45) is 11.0. The fourth-order valence-corrected chi connectivity index (χ4v) is 2.89. The van der Waals surface area contributed by atoms with Gasteiger partial charge in [0.15, 0.2) is 5.96 Å². The van der Waals surface area contributed by atoms with Crippen LogP contribution in [-0.4, -0.2) is 65.5 Å². The van der Waals surface area contributed by atoms with Crippen LogP contribution in [0.1, 0.15) is 38.5 Å². The molecule has 148 valence electrons.